The van der Waals surface area contributed by atoms with Gasteiger partial charge in [-0.1, -0.05) is 35.8 Å². The molecule has 0 fully saturated rings. The SMILES string of the molecule is Cc1c(Br)cccc1NC(=O)NCCCC(C)(C)CO. The van der Waals surface area contributed by atoms with Gasteiger partial charge < -0.3 is 15.7 Å². The van der Waals surface area contributed by atoms with Crippen molar-refractivity contribution in [3.8, 4) is 0 Å². The molecule has 0 aromatic heterocycles. The van der Waals surface area contributed by atoms with Crippen LogP contribution in [-0.2, 0) is 0 Å². The van der Waals surface area contributed by atoms with Crippen molar-refractivity contribution in [1.29, 1.82) is 0 Å². The zero-order valence-corrected chi connectivity index (χ0v) is 13.9. The summed E-state index contributed by atoms with van der Waals surface area (Å²) in [7, 11) is 0. The Kier molecular flexibility index (Phi) is 6.49. The lowest BCUT2D eigenvalue weighted by molar-refractivity contribution is 0.148. The van der Waals surface area contributed by atoms with Crippen LogP contribution in [0.4, 0.5) is 10.5 Å². The van der Waals surface area contributed by atoms with Gasteiger partial charge in [0.2, 0.25) is 0 Å². The number of amides is 2. The molecule has 0 aliphatic carbocycles. The van der Waals surface area contributed by atoms with Crippen LogP contribution in [-0.4, -0.2) is 24.3 Å². The Hall–Kier alpha value is -1.07. The fourth-order valence-electron chi connectivity index (χ4n) is 1.76. The summed E-state index contributed by atoms with van der Waals surface area (Å²) in [4.78, 5) is 11.8. The Balaban J connectivity index is 2.36. The zero-order chi connectivity index (χ0) is 15.2. The summed E-state index contributed by atoms with van der Waals surface area (Å²) < 4.78 is 0.972. The van der Waals surface area contributed by atoms with E-state index in [2.05, 4.69) is 26.6 Å². The highest BCUT2D eigenvalue weighted by atomic mass is 79.9. The molecule has 3 N–H and O–H groups in total. The Labute approximate surface area is 129 Å². The first-order valence-electron chi connectivity index (χ1n) is 6.76. The third kappa shape index (κ3) is 5.51. The van der Waals surface area contributed by atoms with Crippen LogP contribution in [0.1, 0.15) is 32.3 Å². The van der Waals surface area contributed by atoms with Crippen LogP contribution in [0.15, 0.2) is 22.7 Å². The van der Waals surface area contributed by atoms with Gasteiger partial charge in [-0.15, -0.1) is 0 Å². The van der Waals surface area contributed by atoms with Crippen molar-refractivity contribution in [1.82, 2.24) is 5.32 Å². The fourth-order valence-corrected chi connectivity index (χ4v) is 2.12. The highest BCUT2D eigenvalue weighted by Gasteiger charge is 2.15. The number of rotatable bonds is 6. The maximum atomic E-state index is 11.8. The summed E-state index contributed by atoms with van der Waals surface area (Å²) in [6.07, 6.45) is 1.72. The molecule has 0 aliphatic rings. The standard InChI is InChI=1S/C15H23BrN2O2/c1-11-12(16)6-4-7-13(11)18-14(20)17-9-5-8-15(2,3)10-19/h4,6-7,19H,5,8-10H2,1-3H3,(H2,17,18,20). The lowest BCUT2D eigenvalue weighted by Gasteiger charge is -2.21. The first kappa shape index (κ1) is 17.0. The van der Waals surface area contributed by atoms with Gasteiger partial charge >= 0.3 is 6.03 Å². The van der Waals surface area contributed by atoms with Gasteiger partial charge in [0.05, 0.1) is 0 Å². The summed E-state index contributed by atoms with van der Waals surface area (Å²) in [5, 5.41) is 14.8. The quantitative estimate of drug-likeness (QED) is 0.690. The number of hydrogen-bond donors (Lipinski definition) is 3. The van der Waals surface area contributed by atoms with E-state index in [1.54, 1.807) is 0 Å². The Morgan fingerprint density at radius 2 is 2.10 bits per heavy atom. The number of benzene rings is 1. The molecular weight excluding hydrogens is 320 g/mol. The molecule has 1 rings (SSSR count). The Morgan fingerprint density at radius 3 is 2.75 bits per heavy atom. The van der Waals surface area contributed by atoms with Crippen LogP contribution in [0.2, 0.25) is 0 Å². The predicted molar refractivity (Wildman–Crippen MR) is 86.0 cm³/mol. The van der Waals surface area contributed by atoms with Gasteiger partial charge in [0.25, 0.3) is 0 Å². The zero-order valence-electron chi connectivity index (χ0n) is 12.3. The maximum absolute atomic E-state index is 11.8. The van der Waals surface area contributed by atoms with E-state index in [0.717, 1.165) is 28.6 Å². The van der Waals surface area contributed by atoms with E-state index < -0.39 is 0 Å². The molecule has 0 spiro atoms. The van der Waals surface area contributed by atoms with Gasteiger partial charge in [-0.05, 0) is 42.9 Å². The van der Waals surface area contributed by atoms with E-state index in [1.165, 1.54) is 0 Å². The second-order valence-corrected chi connectivity index (χ2v) is 6.57. The lowest BCUT2D eigenvalue weighted by Crippen LogP contribution is -2.30. The molecule has 0 heterocycles. The molecule has 1 aromatic carbocycles. The highest BCUT2D eigenvalue weighted by molar-refractivity contribution is 9.10. The fraction of sp³-hybridized carbons (Fsp3) is 0.533. The van der Waals surface area contributed by atoms with Crippen LogP contribution in [0.5, 0.6) is 0 Å². The molecule has 0 saturated heterocycles. The van der Waals surface area contributed by atoms with Crippen molar-refractivity contribution in [3.05, 3.63) is 28.2 Å². The first-order chi connectivity index (χ1) is 9.35. The van der Waals surface area contributed by atoms with E-state index >= 15 is 0 Å². The Bertz CT molecular complexity index is 461. The minimum Gasteiger partial charge on any atom is -0.396 e. The number of carbonyl (C=O) groups excluding carboxylic acids is 1. The van der Waals surface area contributed by atoms with E-state index in [1.807, 2.05) is 39.0 Å². The number of anilines is 1. The largest absolute Gasteiger partial charge is 0.396 e. The van der Waals surface area contributed by atoms with Crippen molar-refractivity contribution in [3.63, 3.8) is 0 Å². The summed E-state index contributed by atoms with van der Waals surface area (Å²) in [6, 6.07) is 5.49. The summed E-state index contributed by atoms with van der Waals surface area (Å²) >= 11 is 3.43. The summed E-state index contributed by atoms with van der Waals surface area (Å²) in [5.41, 5.74) is 1.72. The second-order valence-electron chi connectivity index (χ2n) is 5.72. The number of aliphatic hydroxyl groups is 1. The van der Waals surface area contributed by atoms with E-state index in [0.29, 0.717) is 6.54 Å². The normalized spacial score (nSPS) is 11.2. The third-order valence-electron chi connectivity index (χ3n) is 3.26. The molecule has 112 valence electrons. The first-order valence-corrected chi connectivity index (χ1v) is 7.56. The monoisotopic (exact) mass is 342 g/mol. The average Bonchev–Trinajstić information content (AvgIpc) is 2.40. The highest BCUT2D eigenvalue weighted by Crippen LogP contribution is 2.23. The van der Waals surface area contributed by atoms with Crippen LogP contribution in [0.25, 0.3) is 0 Å². The van der Waals surface area contributed by atoms with Gasteiger partial charge in [0.1, 0.15) is 0 Å². The summed E-state index contributed by atoms with van der Waals surface area (Å²) in [5.74, 6) is 0. The van der Waals surface area contributed by atoms with Gasteiger partial charge in [0.15, 0.2) is 0 Å². The van der Waals surface area contributed by atoms with Crippen LogP contribution < -0.4 is 10.6 Å². The van der Waals surface area contributed by atoms with E-state index in [-0.39, 0.29) is 18.1 Å². The van der Waals surface area contributed by atoms with Crippen LogP contribution in [0, 0.1) is 12.3 Å². The number of hydrogen-bond acceptors (Lipinski definition) is 2. The van der Waals surface area contributed by atoms with Gasteiger partial charge in [0, 0.05) is 23.3 Å². The topological polar surface area (TPSA) is 61.4 Å². The van der Waals surface area contributed by atoms with Crippen molar-refractivity contribution in [2.45, 2.75) is 33.6 Å². The maximum Gasteiger partial charge on any atom is 0.319 e. The average molecular weight is 343 g/mol. The molecule has 2 amide bonds. The van der Waals surface area contributed by atoms with Crippen molar-refractivity contribution in [2.24, 2.45) is 5.41 Å². The summed E-state index contributed by atoms with van der Waals surface area (Å²) in [6.45, 7) is 6.73. The molecular formula is C15H23BrN2O2. The van der Waals surface area contributed by atoms with Gasteiger partial charge in [-0.3, -0.25) is 0 Å². The number of nitrogens with one attached hydrogen (secondary N) is 2. The van der Waals surface area contributed by atoms with Crippen molar-refractivity contribution >= 4 is 27.6 Å². The van der Waals surface area contributed by atoms with E-state index in [9.17, 15) is 4.79 Å². The lowest BCUT2D eigenvalue weighted by atomic mass is 9.89. The van der Waals surface area contributed by atoms with Gasteiger partial charge in [-0.2, -0.15) is 0 Å². The number of urea groups is 1. The van der Waals surface area contributed by atoms with Crippen LogP contribution in [0.3, 0.4) is 0 Å². The van der Waals surface area contributed by atoms with Crippen molar-refractivity contribution in [2.75, 3.05) is 18.5 Å². The number of carbonyl (C=O) groups is 1. The van der Waals surface area contributed by atoms with E-state index in [4.69, 9.17) is 5.11 Å². The second kappa shape index (κ2) is 7.64. The minimum atomic E-state index is -0.201. The molecule has 0 radical (unpaired) electrons. The van der Waals surface area contributed by atoms with Gasteiger partial charge in [-0.25, -0.2) is 4.79 Å². The predicted octanol–water partition coefficient (Wildman–Crippen LogP) is 3.68. The molecule has 1 aromatic rings. The molecule has 20 heavy (non-hydrogen) atoms. The third-order valence-corrected chi connectivity index (χ3v) is 4.12. The smallest absolute Gasteiger partial charge is 0.319 e. The molecule has 4 nitrogen and oxygen atoms in total. The minimum absolute atomic E-state index is 0.0843. The molecule has 0 aliphatic heterocycles. The molecule has 0 unspecified atom stereocenters. The Morgan fingerprint density at radius 1 is 1.40 bits per heavy atom. The molecule has 0 saturated carbocycles. The number of aliphatic hydroxyl groups excluding tert-OH is 1. The molecule has 0 atom stereocenters. The van der Waals surface area contributed by atoms with Crippen molar-refractivity contribution < 1.29 is 9.90 Å². The molecule has 5 heteroatoms. The molecule has 0 bridgehead atoms. The van der Waals surface area contributed by atoms with Crippen LogP contribution >= 0.6 is 15.9 Å². The number of halogens is 1.